The van der Waals surface area contributed by atoms with Crippen molar-refractivity contribution in [3.63, 3.8) is 0 Å². The summed E-state index contributed by atoms with van der Waals surface area (Å²) >= 11 is 0. The average Bonchev–Trinajstić information content (AvgIpc) is 2.51. The number of amides is 1. The first-order chi connectivity index (χ1) is 11.8. The van der Waals surface area contributed by atoms with Gasteiger partial charge in [0.25, 0.3) is 0 Å². The molecular formula is C16H13FN2O6. The van der Waals surface area contributed by atoms with E-state index < -0.39 is 28.3 Å². The van der Waals surface area contributed by atoms with Crippen LogP contribution in [0.5, 0.6) is 17.2 Å². The van der Waals surface area contributed by atoms with E-state index in [9.17, 15) is 24.1 Å². The molecule has 0 aromatic heterocycles. The number of carbonyl (C=O) groups excluding carboxylic acids is 2. The fourth-order valence-electron chi connectivity index (χ4n) is 1.94. The highest BCUT2D eigenvalue weighted by Crippen LogP contribution is 2.38. The Bertz CT molecular complexity index is 853. The van der Waals surface area contributed by atoms with E-state index in [0.29, 0.717) is 6.07 Å². The zero-order chi connectivity index (χ0) is 18.6. The maximum Gasteiger partial charge on any atom is 0.314 e. The second-order valence-corrected chi connectivity index (χ2v) is 4.88. The first-order valence-electron chi connectivity index (χ1n) is 6.98. The quantitative estimate of drug-likeness (QED) is 0.384. The molecule has 0 radical (unpaired) electrons. The average molecular weight is 348 g/mol. The lowest BCUT2D eigenvalue weighted by Gasteiger charge is -2.12. The predicted molar refractivity (Wildman–Crippen MR) is 85.2 cm³/mol. The van der Waals surface area contributed by atoms with Gasteiger partial charge < -0.3 is 14.8 Å². The lowest BCUT2D eigenvalue weighted by atomic mass is 10.2. The fourth-order valence-corrected chi connectivity index (χ4v) is 1.94. The number of benzene rings is 2. The topological polar surface area (TPSA) is 108 Å². The summed E-state index contributed by atoms with van der Waals surface area (Å²) in [6, 6.07) is 7.61. The predicted octanol–water partition coefficient (Wildman–Crippen LogP) is 3.41. The fraction of sp³-hybridized carbons (Fsp3) is 0.125. The van der Waals surface area contributed by atoms with Crippen LogP contribution in [0.1, 0.15) is 13.8 Å². The molecule has 0 bridgehead atoms. The van der Waals surface area contributed by atoms with Crippen molar-refractivity contribution in [2.24, 2.45) is 0 Å². The molecular weight excluding hydrogens is 335 g/mol. The summed E-state index contributed by atoms with van der Waals surface area (Å²) in [5.74, 6) is -2.42. The molecule has 25 heavy (non-hydrogen) atoms. The summed E-state index contributed by atoms with van der Waals surface area (Å²) in [5.41, 5.74) is -0.928. The maximum absolute atomic E-state index is 13.9. The third-order valence-electron chi connectivity index (χ3n) is 2.88. The Hall–Kier alpha value is -3.49. The van der Waals surface area contributed by atoms with Gasteiger partial charge in [0, 0.05) is 19.9 Å². The summed E-state index contributed by atoms with van der Waals surface area (Å²) < 4.78 is 24.3. The van der Waals surface area contributed by atoms with Crippen LogP contribution in [0.3, 0.4) is 0 Å². The molecule has 2 aromatic carbocycles. The Morgan fingerprint density at radius 2 is 1.76 bits per heavy atom. The van der Waals surface area contributed by atoms with E-state index in [0.717, 1.165) is 13.0 Å². The standard InChI is InChI=1S/C16H13FN2O6/c1-9(20)18-12-8-16(13(19(22)23)7-11(12)17)25-15-6-4-3-5-14(15)24-10(2)21/h3-8H,1-2H3,(H,18,20). The van der Waals surface area contributed by atoms with Gasteiger partial charge in [-0.1, -0.05) is 12.1 Å². The first kappa shape index (κ1) is 17.9. The summed E-state index contributed by atoms with van der Waals surface area (Å²) in [5, 5.41) is 13.4. The van der Waals surface area contributed by atoms with Crippen LogP contribution in [0.15, 0.2) is 36.4 Å². The molecule has 0 unspecified atom stereocenters. The van der Waals surface area contributed by atoms with Crippen molar-refractivity contribution in [3.05, 3.63) is 52.3 Å². The molecule has 8 nitrogen and oxygen atoms in total. The normalized spacial score (nSPS) is 10.0. The highest BCUT2D eigenvalue weighted by atomic mass is 19.1. The molecule has 0 heterocycles. The number of para-hydroxylation sites is 2. The van der Waals surface area contributed by atoms with Gasteiger partial charge in [-0.25, -0.2) is 4.39 Å². The second-order valence-electron chi connectivity index (χ2n) is 4.88. The van der Waals surface area contributed by atoms with Crippen molar-refractivity contribution in [2.75, 3.05) is 5.32 Å². The number of halogens is 1. The number of nitro groups is 1. The van der Waals surface area contributed by atoms with Crippen molar-refractivity contribution >= 4 is 23.3 Å². The van der Waals surface area contributed by atoms with Gasteiger partial charge in [0.15, 0.2) is 17.3 Å². The molecule has 9 heteroatoms. The largest absolute Gasteiger partial charge is 0.446 e. The van der Waals surface area contributed by atoms with E-state index in [-0.39, 0.29) is 22.9 Å². The third kappa shape index (κ3) is 4.50. The van der Waals surface area contributed by atoms with Crippen molar-refractivity contribution < 1.29 is 28.4 Å². The van der Waals surface area contributed by atoms with Crippen LogP contribution in [0, 0.1) is 15.9 Å². The molecule has 0 atom stereocenters. The molecule has 130 valence electrons. The van der Waals surface area contributed by atoms with Crippen molar-refractivity contribution in [1.82, 2.24) is 0 Å². The van der Waals surface area contributed by atoms with Gasteiger partial charge in [-0.05, 0) is 12.1 Å². The number of ether oxygens (including phenoxy) is 2. The SMILES string of the molecule is CC(=O)Nc1cc(Oc2ccccc2OC(C)=O)c([N+](=O)[O-])cc1F. The minimum absolute atomic E-state index is 0.0150. The Balaban J connectivity index is 2.49. The second kappa shape index (κ2) is 7.39. The van der Waals surface area contributed by atoms with E-state index in [4.69, 9.17) is 9.47 Å². The third-order valence-corrected chi connectivity index (χ3v) is 2.88. The molecule has 2 aromatic rings. The van der Waals surface area contributed by atoms with Gasteiger partial charge in [0.2, 0.25) is 11.7 Å². The van der Waals surface area contributed by atoms with E-state index >= 15 is 0 Å². The van der Waals surface area contributed by atoms with Crippen LogP contribution in [-0.2, 0) is 9.59 Å². The minimum Gasteiger partial charge on any atom is -0.446 e. The minimum atomic E-state index is -0.984. The van der Waals surface area contributed by atoms with Gasteiger partial charge in [-0.2, -0.15) is 0 Å². The number of anilines is 1. The number of nitro benzene ring substituents is 1. The smallest absolute Gasteiger partial charge is 0.314 e. The molecule has 2 rings (SSSR count). The Labute approximate surface area is 141 Å². The summed E-state index contributed by atoms with van der Waals surface area (Å²) in [7, 11) is 0. The summed E-state index contributed by atoms with van der Waals surface area (Å²) in [4.78, 5) is 32.6. The highest BCUT2D eigenvalue weighted by Gasteiger charge is 2.22. The monoisotopic (exact) mass is 348 g/mol. The highest BCUT2D eigenvalue weighted by molar-refractivity contribution is 5.89. The number of hydrogen-bond acceptors (Lipinski definition) is 6. The lowest BCUT2D eigenvalue weighted by molar-refractivity contribution is -0.385. The number of esters is 1. The van der Waals surface area contributed by atoms with Gasteiger partial charge >= 0.3 is 11.7 Å². The van der Waals surface area contributed by atoms with Gasteiger partial charge in [-0.15, -0.1) is 0 Å². The number of carbonyl (C=O) groups is 2. The molecule has 0 spiro atoms. The molecule has 0 saturated heterocycles. The van der Waals surface area contributed by atoms with E-state index in [2.05, 4.69) is 5.32 Å². The van der Waals surface area contributed by atoms with Crippen LogP contribution < -0.4 is 14.8 Å². The number of rotatable bonds is 5. The van der Waals surface area contributed by atoms with Crippen LogP contribution in [0.4, 0.5) is 15.8 Å². The number of hydrogen-bond donors (Lipinski definition) is 1. The van der Waals surface area contributed by atoms with Crippen LogP contribution >= 0.6 is 0 Å². The molecule has 0 aliphatic rings. The first-order valence-corrected chi connectivity index (χ1v) is 6.98. The van der Waals surface area contributed by atoms with E-state index in [1.165, 1.54) is 19.1 Å². The van der Waals surface area contributed by atoms with E-state index in [1.807, 2.05) is 0 Å². The van der Waals surface area contributed by atoms with Gasteiger partial charge in [-0.3, -0.25) is 19.7 Å². The molecule has 1 amide bonds. The van der Waals surface area contributed by atoms with Crippen LogP contribution in [0.2, 0.25) is 0 Å². The van der Waals surface area contributed by atoms with Crippen molar-refractivity contribution in [3.8, 4) is 17.2 Å². The van der Waals surface area contributed by atoms with Gasteiger partial charge in [0.1, 0.15) is 0 Å². The molecule has 0 saturated carbocycles. The Kier molecular flexibility index (Phi) is 5.28. The summed E-state index contributed by atoms with van der Waals surface area (Å²) in [6.45, 7) is 2.35. The van der Waals surface area contributed by atoms with Gasteiger partial charge in [0.05, 0.1) is 16.7 Å². The molecule has 0 fully saturated rings. The number of nitrogens with zero attached hydrogens (tertiary/aromatic N) is 1. The zero-order valence-corrected chi connectivity index (χ0v) is 13.2. The zero-order valence-electron chi connectivity index (χ0n) is 13.2. The van der Waals surface area contributed by atoms with Crippen LogP contribution in [0.25, 0.3) is 0 Å². The molecule has 1 N–H and O–H groups in total. The van der Waals surface area contributed by atoms with Crippen molar-refractivity contribution in [2.45, 2.75) is 13.8 Å². The lowest BCUT2D eigenvalue weighted by Crippen LogP contribution is -2.08. The van der Waals surface area contributed by atoms with E-state index in [1.54, 1.807) is 12.1 Å². The maximum atomic E-state index is 13.9. The number of nitrogens with one attached hydrogen (secondary N) is 1. The molecule has 0 aliphatic carbocycles. The Morgan fingerprint density at radius 1 is 1.12 bits per heavy atom. The van der Waals surface area contributed by atoms with Crippen molar-refractivity contribution in [1.29, 1.82) is 0 Å². The molecule has 0 aliphatic heterocycles. The van der Waals surface area contributed by atoms with Crippen LogP contribution in [-0.4, -0.2) is 16.8 Å². The Morgan fingerprint density at radius 3 is 2.32 bits per heavy atom. The summed E-state index contributed by atoms with van der Waals surface area (Å²) in [6.07, 6.45) is 0.